The van der Waals surface area contributed by atoms with E-state index < -0.39 is 163 Å². The second-order valence-corrected chi connectivity index (χ2v) is 15.3. The topological polar surface area (TPSA) is 227 Å². The molecule has 60 heavy (non-hydrogen) atoms. The van der Waals surface area contributed by atoms with Crippen molar-refractivity contribution in [2.45, 2.75) is 103 Å². The second kappa shape index (κ2) is 17.3. The lowest BCUT2D eigenvalue weighted by molar-refractivity contribution is -0.159. The molecule has 5 N–H and O–H groups in total. The molecule has 2 aromatic carbocycles. The summed E-state index contributed by atoms with van der Waals surface area (Å²) in [7, 11) is -3.68. The van der Waals surface area contributed by atoms with Crippen LogP contribution in [0.2, 0.25) is 0 Å². The van der Waals surface area contributed by atoms with Crippen LogP contribution in [0.25, 0.3) is 0 Å². The van der Waals surface area contributed by atoms with Gasteiger partial charge in [0.05, 0.1) is 36.9 Å². The molecule has 0 unspecified atom stereocenters. The standard InChI is InChI=1S/C36H38B2F6N4O12/c1-16(45-30(52)17-9-22(35(39,40)41)20-14-58-37(56)24(20)11-17)29(47-31(53)18-10-23(36(42,43)44)21-15-59-38(57)25(21)12-18)32(54)46-26(33(55)60-34(2,3)4)6-5-19(49)13-48-27(50)7-8-28(48)51/h9-12,16,26,29,56-57H,5-8,13-15H2,1-4H3,(H,45,52)(H,46,54)(H,47,53)/t16-,26-,29-/m0/s1. The summed E-state index contributed by atoms with van der Waals surface area (Å²) in [6, 6.07) is -2.73. The number of nitrogens with one attached hydrogen (secondary N) is 3. The molecule has 0 spiro atoms. The van der Waals surface area contributed by atoms with Gasteiger partial charge in [-0.3, -0.25) is 33.7 Å². The van der Waals surface area contributed by atoms with E-state index in [2.05, 4.69) is 16.0 Å². The van der Waals surface area contributed by atoms with Gasteiger partial charge in [-0.15, -0.1) is 0 Å². The molecule has 2 aromatic rings. The van der Waals surface area contributed by atoms with E-state index in [9.17, 15) is 70.0 Å². The summed E-state index contributed by atoms with van der Waals surface area (Å²) in [5, 5.41) is 27.1. The molecule has 16 nitrogen and oxygen atoms in total. The summed E-state index contributed by atoms with van der Waals surface area (Å²) >= 11 is 0. The molecule has 3 heterocycles. The van der Waals surface area contributed by atoms with Crippen molar-refractivity contribution in [3.63, 3.8) is 0 Å². The van der Waals surface area contributed by atoms with Gasteiger partial charge in [-0.2, -0.15) is 26.3 Å². The monoisotopic (exact) mass is 854 g/mol. The number of esters is 1. The molecule has 5 rings (SSSR count). The number of carbonyl (C=O) groups is 7. The fourth-order valence-electron chi connectivity index (χ4n) is 6.68. The van der Waals surface area contributed by atoms with Crippen LogP contribution in [0, 0.1) is 0 Å². The van der Waals surface area contributed by atoms with Crippen molar-refractivity contribution in [3.05, 3.63) is 57.6 Å². The Balaban J connectivity index is 1.47. The van der Waals surface area contributed by atoms with Crippen LogP contribution >= 0.6 is 0 Å². The van der Waals surface area contributed by atoms with Crippen molar-refractivity contribution >= 4 is 66.5 Å². The van der Waals surface area contributed by atoms with E-state index in [1.807, 2.05) is 0 Å². The van der Waals surface area contributed by atoms with Crippen molar-refractivity contribution in [2.75, 3.05) is 6.54 Å². The van der Waals surface area contributed by atoms with Crippen LogP contribution in [0.1, 0.15) is 96.3 Å². The number of amides is 5. The summed E-state index contributed by atoms with van der Waals surface area (Å²) in [6.07, 6.45) is -11.3. The Kier molecular flexibility index (Phi) is 13.2. The lowest BCUT2D eigenvalue weighted by atomic mass is 9.77. The van der Waals surface area contributed by atoms with E-state index >= 15 is 0 Å². The third-order valence-electron chi connectivity index (χ3n) is 9.64. The number of Topliss-reactive ketones (excluding diaryl/α,β-unsaturated/α-hetero) is 1. The molecule has 5 amide bonds. The highest BCUT2D eigenvalue weighted by molar-refractivity contribution is 6.62. The van der Waals surface area contributed by atoms with Gasteiger partial charge in [-0.05, 0) is 80.4 Å². The Morgan fingerprint density at radius 1 is 0.783 bits per heavy atom. The van der Waals surface area contributed by atoms with Crippen LogP contribution in [0.5, 0.6) is 0 Å². The van der Waals surface area contributed by atoms with E-state index in [1.165, 1.54) is 20.8 Å². The first kappa shape index (κ1) is 45.8. The summed E-state index contributed by atoms with van der Waals surface area (Å²) < 4.78 is 99.5. The molecule has 3 atom stereocenters. The van der Waals surface area contributed by atoms with Crippen LogP contribution in [0.3, 0.4) is 0 Å². The first-order valence-electron chi connectivity index (χ1n) is 18.3. The van der Waals surface area contributed by atoms with Crippen molar-refractivity contribution in [2.24, 2.45) is 0 Å². The molecule has 0 radical (unpaired) electrons. The van der Waals surface area contributed by atoms with Crippen LogP contribution in [0.15, 0.2) is 24.3 Å². The molecule has 0 saturated carbocycles. The zero-order chi connectivity index (χ0) is 44.6. The minimum Gasteiger partial charge on any atom is -0.458 e. The van der Waals surface area contributed by atoms with Gasteiger partial charge in [0.15, 0.2) is 5.78 Å². The van der Waals surface area contributed by atoms with Gasteiger partial charge >= 0.3 is 32.6 Å². The molecule has 1 saturated heterocycles. The number of halogens is 6. The van der Waals surface area contributed by atoms with Gasteiger partial charge in [0.25, 0.3) is 11.8 Å². The van der Waals surface area contributed by atoms with Crippen molar-refractivity contribution in [1.29, 1.82) is 0 Å². The quantitative estimate of drug-likeness (QED) is 0.0800. The van der Waals surface area contributed by atoms with Crippen LogP contribution < -0.4 is 26.9 Å². The zero-order valence-corrected chi connectivity index (χ0v) is 32.3. The maximum atomic E-state index is 14.1. The number of hydrogen-bond acceptors (Lipinski definition) is 12. The number of hydrogen-bond donors (Lipinski definition) is 5. The molecule has 0 aliphatic carbocycles. The third kappa shape index (κ3) is 10.5. The summed E-state index contributed by atoms with van der Waals surface area (Å²) in [4.78, 5) is 92.4. The number of likely N-dealkylation sites (tertiary alicyclic amines) is 1. The molecule has 3 aliphatic heterocycles. The highest BCUT2D eigenvalue weighted by Crippen LogP contribution is 2.35. The Morgan fingerprint density at radius 3 is 1.70 bits per heavy atom. The Morgan fingerprint density at radius 2 is 1.25 bits per heavy atom. The van der Waals surface area contributed by atoms with Gasteiger partial charge in [-0.1, -0.05) is 0 Å². The van der Waals surface area contributed by atoms with Gasteiger partial charge in [-0.25, -0.2) is 4.79 Å². The number of carbonyl (C=O) groups excluding carboxylic acids is 7. The third-order valence-corrected chi connectivity index (χ3v) is 9.64. The van der Waals surface area contributed by atoms with Crippen LogP contribution in [-0.4, -0.2) is 101 Å². The summed E-state index contributed by atoms with van der Waals surface area (Å²) in [6.45, 7) is 3.61. The van der Waals surface area contributed by atoms with Crippen LogP contribution in [0.4, 0.5) is 26.3 Å². The largest absolute Gasteiger partial charge is 0.491 e. The van der Waals surface area contributed by atoms with E-state index in [0.29, 0.717) is 12.1 Å². The Labute approximate surface area is 337 Å². The molecular formula is C36H38B2F6N4O12. The molecule has 0 bridgehead atoms. The fraction of sp³-hybridized carbons (Fsp3) is 0.472. The maximum Gasteiger partial charge on any atom is 0.491 e. The molecule has 24 heteroatoms. The lowest BCUT2D eigenvalue weighted by Crippen LogP contribution is -2.60. The number of fused-ring (bicyclic) bond motifs is 2. The predicted molar refractivity (Wildman–Crippen MR) is 194 cm³/mol. The van der Waals surface area contributed by atoms with E-state index in [4.69, 9.17) is 14.0 Å². The Bertz CT molecular complexity index is 2100. The zero-order valence-electron chi connectivity index (χ0n) is 32.3. The van der Waals surface area contributed by atoms with E-state index in [-0.39, 0.29) is 18.3 Å². The SMILES string of the molecule is C[C@H](NC(=O)c1cc2c(c(C(F)(F)F)c1)COB2O)[C@H](NC(=O)c1cc2c(c(C(F)(F)F)c1)COB2O)C(=O)N[C@@H](CCC(=O)CN1C(=O)CCC1=O)C(=O)OC(C)(C)C. The lowest BCUT2D eigenvalue weighted by Gasteiger charge is -2.29. The average molecular weight is 854 g/mol. The first-order valence-corrected chi connectivity index (χ1v) is 18.3. The van der Waals surface area contributed by atoms with Crippen molar-refractivity contribution < 1.29 is 84.0 Å². The summed E-state index contributed by atoms with van der Waals surface area (Å²) in [5.74, 6) is -6.96. The highest BCUT2D eigenvalue weighted by atomic mass is 19.4. The minimum absolute atomic E-state index is 0.103. The van der Waals surface area contributed by atoms with Gasteiger partial charge in [0, 0.05) is 30.4 Å². The van der Waals surface area contributed by atoms with Crippen LogP contribution in [-0.2, 0) is 63.6 Å². The molecule has 322 valence electrons. The number of alkyl halides is 6. The highest BCUT2D eigenvalue weighted by Gasteiger charge is 2.43. The molecule has 0 aromatic heterocycles. The van der Waals surface area contributed by atoms with Gasteiger partial charge < -0.3 is 40.0 Å². The first-order chi connectivity index (χ1) is 27.7. The van der Waals surface area contributed by atoms with Crippen molar-refractivity contribution in [1.82, 2.24) is 20.9 Å². The maximum absolute atomic E-state index is 14.1. The number of benzene rings is 2. The van der Waals surface area contributed by atoms with E-state index in [0.717, 1.165) is 24.0 Å². The number of rotatable bonds is 13. The minimum atomic E-state index is -5.05. The van der Waals surface area contributed by atoms with E-state index in [1.54, 1.807) is 0 Å². The average Bonchev–Trinajstić information content (AvgIpc) is 3.81. The molecule has 1 fully saturated rings. The Hall–Kier alpha value is -5.32. The van der Waals surface area contributed by atoms with Crippen molar-refractivity contribution in [3.8, 4) is 0 Å². The van der Waals surface area contributed by atoms with Gasteiger partial charge in [0.2, 0.25) is 17.7 Å². The fourth-order valence-corrected chi connectivity index (χ4v) is 6.68. The molecular weight excluding hydrogens is 816 g/mol. The normalized spacial score (nSPS) is 16.9. The number of imide groups is 1. The number of nitrogens with zero attached hydrogens (tertiary/aromatic N) is 1. The smallest absolute Gasteiger partial charge is 0.458 e. The van der Waals surface area contributed by atoms with Gasteiger partial charge in [0.1, 0.15) is 17.7 Å². The number of ether oxygens (including phenoxy) is 1. The predicted octanol–water partition coefficient (Wildman–Crippen LogP) is 0.401. The summed E-state index contributed by atoms with van der Waals surface area (Å²) in [5.41, 5.74) is -6.93. The number of ketones is 1. The molecule has 3 aliphatic rings. The second-order valence-electron chi connectivity index (χ2n) is 15.3.